The first kappa shape index (κ1) is 15.1. The lowest BCUT2D eigenvalue weighted by Gasteiger charge is -2.33. The lowest BCUT2D eigenvalue weighted by Crippen LogP contribution is -2.47. The SMILES string of the molecule is COc1ccc(OCC(O)CN2CCN(C)CC2)cc1. The van der Waals surface area contributed by atoms with Crippen LogP contribution in [0.2, 0.25) is 0 Å². The summed E-state index contributed by atoms with van der Waals surface area (Å²) in [4.78, 5) is 4.58. The average Bonchev–Trinajstić information content (AvgIpc) is 2.48. The van der Waals surface area contributed by atoms with Gasteiger partial charge < -0.3 is 19.5 Å². The summed E-state index contributed by atoms with van der Waals surface area (Å²) < 4.78 is 10.7. The number of benzene rings is 1. The van der Waals surface area contributed by atoms with E-state index in [1.165, 1.54) is 0 Å². The molecule has 1 heterocycles. The van der Waals surface area contributed by atoms with E-state index in [1.807, 2.05) is 24.3 Å². The minimum atomic E-state index is -0.458. The Bertz CT molecular complexity index is 389. The number of β-amino-alcohol motifs (C(OH)–C–C–N with tert-alkyl or cyclic N) is 1. The molecule has 0 aromatic heterocycles. The number of likely N-dealkylation sites (N-methyl/N-ethyl adjacent to an activating group) is 1. The van der Waals surface area contributed by atoms with Crippen molar-refractivity contribution in [3.63, 3.8) is 0 Å². The number of aliphatic hydroxyl groups excluding tert-OH is 1. The molecule has 1 aromatic rings. The molecule has 1 aliphatic rings. The van der Waals surface area contributed by atoms with E-state index in [9.17, 15) is 5.11 Å². The van der Waals surface area contributed by atoms with Crippen LogP contribution in [0.15, 0.2) is 24.3 Å². The average molecular weight is 280 g/mol. The molecular weight excluding hydrogens is 256 g/mol. The number of methoxy groups -OCH3 is 1. The quantitative estimate of drug-likeness (QED) is 0.830. The summed E-state index contributed by atoms with van der Waals surface area (Å²) in [5, 5.41) is 10.0. The molecule has 0 saturated carbocycles. The van der Waals surface area contributed by atoms with Gasteiger partial charge >= 0.3 is 0 Å². The van der Waals surface area contributed by atoms with E-state index in [-0.39, 0.29) is 0 Å². The third-order valence-corrected chi connectivity index (χ3v) is 3.57. The van der Waals surface area contributed by atoms with Gasteiger partial charge in [-0.2, -0.15) is 0 Å². The molecule has 1 aromatic carbocycles. The van der Waals surface area contributed by atoms with Crippen LogP contribution in [0.1, 0.15) is 0 Å². The van der Waals surface area contributed by atoms with Crippen LogP contribution in [0, 0.1) is 0 Å². The van der Waals surface area contributed by atoms with Gasteiger partial charge in [0.15, 0.2) is 0 Å². The fourth-order valence-corrected chi connectivity index (χ4v) is 2.25. The van der Waals surface area contributed by atoms with Crippen molar-refractivity contribution in [3.8, 4) is 11.5 Å². The van der Waals surface area contributed by atoms with E-state index in [1.54, 1.807) is 7.11 Å². The van der Waals surface area contributed by atoms with Gasteiger partial charge in [-0.25, -0.2) is 0 Å². The van der Waals surface area contributed by atoms with Crippen LogP contribution in [-0.4, -0.2) is 74.5 Å². The number of hydrogen-bond acceptors (Lipinski definition) is 5. The molecule has 0 amide bonds. The Morgan fingerprint density at radius 3 is 2.30 bits per heavy atom. The summed E-state index contributed by atoms with van der Waals surface area (Å²) >= 11 is 0. The molecule has 1 saturated heterocycles. The Morgan fingerprint density at radius 1 is 1.10 bits per heavy atom. The highest BCUT2D eigenvalue weighted by atomic mass is 16.5. The van der Waals surface area contributed by atoms with E-state index >= 15 is 0 Å². The molecule has 2 rings (SSSR count). The maximum atomic E-state index is 10.0. The number of nitrogens with zero attached hydrogens (tertiary/aromatic N) is 2. The van der Waals surface area contributed by atoms with Gasteiger partial charge in [0.2, 0.25) is 0 Å². The summed E-state index contributed by atoms with van der Waals surface area (Å²) in [5.74, 6) is 1.55. The molecule has 0 spiro atoms. The Hall–Kier alpha value is -1.30. The van der Waals surface area contributed by atoms with E-state index in [2.05, 4.69) is 16.8 Å². The molecule has 5 nitrogen and oxygen atoms in total. The molecule has 20 heavy (non-hydrogen) atoms. The highest BCUT2D eigenvalue weighted by Crippen LogP contribution is 2.17. The minimum absolute atomic E-state index is 0.318. The summed E-state index contributed by atoms with van der Waals surface area (Å²) in [7, 11) is 3.76. The van der Waals surface area contributed by atoms with Crippen LogP contribution >= 0.6 is 0 Å². The van der Waals surface area contributed by atoms with Crippen LogP contribution in [-0.2, 0) is 0 Å². The van der Waals surface area contributed by atoms with Gasteiger partial charge in [-0.05, 0) is 31.3 Å². The molecule has 0 aliphatic carbocycles. The van der Waals surface area contributed by atoms with Crippen molar-refractivity contribution in [2.45, 2.75) is 6.10 Å². The third kappa shape index (κ3) is 4.67. The smallest absolute Gasteiger partial charge is 0.119 e. The van der Waals surface area contributed by atoms with Crippen LogP contribution in [0.3, 0.4) is 0 Å². The molecular formula is C15H24N2O3. The van der Waals surface area contributed by atoms with E-state index in [4.69, 9.17) is 9.47 Å². The van der Waals surface area contributed by atoms with E-state index in [0.29, 0.717) is 13.2 Å². The topological polar surface area (TPSA) is 45.2 Å². The number of ether oxygens (including phenoxy) is 2. The van der Waals surface area contributed by atoms with Gasteiger partial charge in [0.25, 0.3) is 0 Å². The second-order valence-electron chi connectivity index (χ2n) is 5.24. The van der Waals surface area contributed by atoms with Gasteiger partial charge in [-0.3, -0.25) is 4.90 Å². The monoisotopic (exact) mass is 280 g/mol. The zero-order valence-corrected chi connectivity index (χ0v) is 12.3. The summed E-state index contributed by atoms with van der Waals surface area (Å²) in [6.07, 6.45) is -0.458. The first-order valence-electron chi connectivity index (χ1n) is 7.03. The molecule has 0 bridgehead atoms. The maximum absolute atomic E-state index is 10.0. The first-order valence-corrected chi connectivity index (χ1v) is 7.03. The molecule has 1 atom stereocenters. The van der Waals surface area contributed by atoms with Crippen molar-refractivity contribution in [2.75, 3.05) is 53.5 Å². The zero-order chi connectivity index (χ0) is 14.4. The number of rotatable bonds is 6. The van der Waals surface area contributed by atoms with Crippen molar-refractivity contribution < 1.29 is 14.6 Å². The second kappa shape index (κ2) is 7.47. The van der Waals surface area contributed by atoms with Gasteiger partial charge in [0, 0.05) is 32.7 Å². The Labute approximate surface area is 120 Å². The number of aliphatic hydroxyl groups is 1. The van der Waals surface area contributed by atoms with Gasteiger partial charge in [0.05, 0.1) is 7.11 Å². The predicted molar refractivity (Wildman–Crippen MR) is 78.4 cm³/mol. The highest BCUT2D eigenvalue weighted by Gasteiger charge is 2.17. The van der Waals surface area contributed by atoms with E-state index in [0.717, 1.165) is 37.7 Å². The lowest BCUT2D eigenvalue weighted by molar-refractivity contribution is 0.0504. The van der Waals surface area contributed by atoms with Gasteiger partial charge in [0.1, 0.15) is 24.2 Å². The molecule has 1 N–H and O–H groups in total. The molecule has 1 fully saturated rings. The van der Waals surface area contributed by atoms with Gasteiger partial charge in [-0.1, -0.05) is 0 Å². The molecule has 112 valence electrons. The maximum Gasteiger partial charge on any atom is 0.119 e. The minimum Gasteiger partial charge on any atom is -0.497 e. The fourth-order valence-electron chi connectivity index (χ4n) is 2.25. The van der Waals surface area contributed by atoms with Crippen LogP contribution < -0.4 is 9.47 Å². The highest BCUT2D eigenvalue weighted by molar-refractivity contribution is 5.31. The Kier molecular flexibility index (Phi) is 5.64. The van der Waals surface area contributed by atoms with Crippen molar-refractivity contribution in [1.29, 1.82) is 0 Å². The summed E-state index contributed by atoms with van der Waals surface area (Å²) in [6.45, 7) is 5.13. The van der Waals surface area contributed by atoms with Crippen molar-refractivity contribution >= 4 is 0 Å². The van der Waals surface area contributed by atoms with E-state index < -0.39 is 6.10 Å². The van der Waals surface area contributed by atoms with Crippen molar-refractivity contribution in [1.82, 2.24) is 9.80 Å². The Morgan fingerprint density at radius 2 is 1.70 bits per heavy atom. The van der Waals surface area contributed by atoms with Crippen LogP contribution in [0.25, 0.3) is 0 Å². The number of hydrogen-bond donors (Lipinski definition) is 1. The fraction of sp³-hybridized carbons (Fsp3) is 0.600. The number of piperazine rings is 1. The molecule has 0 radical (unpaired) electrons. The van der Waals surface area contributed by atoms with Crippen molar-refractivity contribution in [2.24, 2.45) is 0 Å². The Balaban J connectivity index is 1.70. The van der Waals surface area contributed by atoms with Crippen LogP contribution in [0.4, 0.5) is 0 Å². The third-order valence-electron chi connectivity index (χ3n) is 3.57. The standard InChI is InChI=1S/C15H24N2O3/c1-16-7-9-17(10-8-16)11-13(18)12-20-15-5-3-14(19-2)4-6-15/h3-6,13,18H,7-12H2,1-2H3. The lowest BCUT2D eigenvalue weighted by atomic mass is 10.2. The normalized spacial score (nSPS) is 18.8. The van der Waals surface area contributed by atoms with Crippen molar-refractivity contribution in [3.05, 3.63) is 24.3 Å². The second-order valence-corrected chi connectivity index (χ2v) is 5.24. The molecule has 1 aliphatic heterocycles. The molecule has 1 unspecified atom stereocenters. The predicted octanol–water partition coefficient (Wildman–Crippen LogP) is 0.682. The van der Waals surface area contributed by atoms with Gasteiger partial charge in [-0.15, -0.1) is 0 Å². The zero-order valence-electron chi connectivity index (χ0n) is 12.3. The largest absolute Gasteiger partial charge is 0.497 e. The van der Waals surface area contributed by atoms with Crippen LogP contribution in [0.5, 0.6) is 11.5 Å². The molecule has 5 heteroatoms. The first-order chi connectivity index (χ1) is 9.67. The summed E-state index contributed by atoms with van der Waals surface area (Å²) in [5.41, 5.74) is 0. The summed E-state index contributed by atoms with van der Waals surface area (Å²) in [6, 6.07) is 7.40.